The van der Waals surface area contributed by atoms with Crippen molar-refractivity contribution in [3.8, 4) is 5.75 Å². The summed E-state index contributed by atoms with van der Waals surface area (Å²) in [5, 5.41) is 0.770. The van der Waals surface area contributed by atoms with Gasteiger partial charge >= 0.3 is 0 Å². The molecule has 1 aromatic carbocycles. The summed E-state index contributed by atoms with van der Waals surface area (Å²) in [5.41, 5.74) is -0.0611. The fraction of sp³-hybridized carbons (Fsp3) is 0.429. The van der Waals surface area contributed by atoms with E-state index < -0.39 is 5.41 Å². The third-order valence-corrected chi connectivity index (χ3v) is 4.69. The van der Waals surface area contributed by atoms with Crippen molar-refractivity contribution in [2.24, 2.45) is 0 Å². The summed E-state index contributed by atoms with van der Waals surface area (Å²) in [4.78, 5) is 24.0. The maximum Gasteiger partial charge on any atom is 0.209 e. The predicted octanol–water partition coefficient (Wildman–Crippen LogP) is 3.33. The Morgan fingerprint density at radius 1 is 1.26 bits per heavy atom. The van der Waals surface area contributed by atoms with Crippen LogP contribution in [0.15, 0.2) is 12.1 Å². The molecule has 3 rings (SSSR count). The molecule has 5 heteroatoms. The number of hydrogen-bond donors (Lipinski definition) is 0. The van der Waals surface area contributed by atoms with Crippen LogP contribution in [0.2, 0.25) is 10.0 Å². The lowest BCUT2D eigenvalue weighted by molar-refractivity contribution is -0.137. The number of rotatable bonds is 0. The Morgan fingerprint density at radius 2 is 1.95 bits per heavy atom. The van der Waals surface area contributed by atoms with E-state index in [1.54, 1.807) is 12.1 Å². The van der Waals surface area contributed by atoms with Crippen molar-refractivity contribution in [2.75, 3.05) is 0 Å². The molecule has 1 aliphatic heterocycles. The SMILES string of the molecule is CC1CC2(CCC(=O)C2=O)c2cc(Cl)c(Cl)cc2O1. The zero-order valence-corrected chi connectivity index (χ0v) is 11.8. The van der Waals surface area contributed by atoms with Gasteiger partial charge in [0.05, 0.1) is 21.6 Å². The summed E-state index contributed by atoms with van der Waals surface area (Å²) in [5.74, 6) is -0.0513. The highest BCUT2D eigenvalue weighted by atomic mass is 35.5. The van der Waals surface area contributed by atoms with Crippen molar-refractivity contribution in [3.05, 3.63) is 27.7 Å². The lowest BCUT2D eigenvalue weighted by Crippen LogP contribution is -2.41. The van der Waals surface area contributed by atoms with Crippen LogP contribution in [0, 0.1) is 0 Å². The lowest BCUT2D eigenvalue weighted by Gasteiger charge is -2.37. The fourth-order valence-corrected chi connectivity index (χ4v) is 3.45. The van der Waals surface area contributed by atoms with Gasteiger partial charge in [-0.2, -0.15) is 0 Å². The molecular weight excluding hydrogens is 287 g/mol. The minimum absolute atomic E-state index is 0.125. The number of carbonyl (C=O) groups excluding carboxylic acids is 2. The molecule has 100 valence electrons. The van der Waals surface area contributed by atoms with E-state index in [1.165, 1.54) is 0 Å². The monoisotopic (exact) mass is 298 g/mol. The zero-order valence-electron chi connectivity index (χ0n) is 10.3. The highest BCUT2D eigenvalue weighted by Gasteiger charge is 2.52. The van der Waals surface area contributed by atoms with Crippen molar-refractivity contribution >= 4 is 34.8 Å². The average molecular weight is 299 g/mol. The van der Waals surface area contributed by atoms with Crippen LogP contribution in [0.3, 0.4) is 0 Å². The molecule has 2 atom stereocenters. The third-order valence-electron chi connectivity index (χ3n) is 3.97. The van der Waals surface area contributed by atoms with E-state index in [2.05, 4.69) is 0 Å². The summed E-state index contributed by atoms with van der Waals surface area (Å²) in [7, 11) is 0. The van der Waals surface area contributed by atoms with Crippen LogP contribution in [0.5, 0.6) is 5.75 Å². The molecule has 1 saturated carbocycles. The van der Waals surface area contributed by atoms with Gasteiger partial charge in [0.2, 0.25) is 5.78 Å². The molecule has 1 heterocycles. The van der Waals surface area contributed by atoms with Crippen LogP contribution in [0.4, 0.5) is 0 Å². The van der Waals surface area contributed by atoms with Crippen LogP contribution in [-0.2, 0) is 15.0 Å². The summed E-state index contributed by atoms with van der Waals surface area (Å²) in [6.45, 7) is 1.89. The van der Waals surface area contributed by atoms with Gasteiger partial charge in [-0.15, -0.1) is 0 Å². The molecule has 0 N–H and O–H groups in total. The second-order valence-electron chi connectivity index (χ2n) is 5.23. The minimum Gasteiger partial charge on any atom is -0.490 e. The first kappa shape index (κ1) is 12.9. The Kier molecular flexibility index (Phi) is 2.88. The summed E-state index contributed by atoms with van der Waals surface area (Å²) >= 11 is 12.0. The molecule has 1 fully saturated rings. The van der Waals surface area contributed by atoms with E-state index in [4.69, 9.17) is 27.9 Å². The molecule has 0 saturated heterocycles. The van der Waals surface area contributed by atoms with E-state index >= 15 is 0 Å². The van der Waals surface area contributed by atoms with Gasteiger partial charge in [-0.1, -0.05) is 23.2 Å². The molecule has 19 heavy (non-hydrogen) atoms. The Balaban J connectivity index is 2.22. The van der Waals surface area contributed by atoms with Crippen molar-refractivity contribution in [1.82, 2.24) is 0 Å². The maximum atomic E-state index is 12.3. The van der Waals surface area contributed by atoms with Crippen LogP contribution in [-0.4, -0.2) is 17.7 Å². The van der Waals surface area contributed by atoms with E-state index in [0.717, 1.165) is 0 Å². The van der Waals surface area contributed by atoms with E-state index in [0.29, 0.717) is 40.6 Å². The smallest absolute Gasteiger partial charge is 0.209 e. The topological polar surface area (TPSA) is 43.4 Å². The van der Waals surface area contributed by atoms with E-state index in [1.807, 2.05) is 6.92 Å². The summed E-state index contributed by atoms with van der Waals surface area (Å²) in [6.07, 6.45) is 1.22. The highest BCUT2D eigenvalue weighted by Crippen LogP contribution is 2.50. The molecule has 1 spiro atoms. The van der Waals surface area contributed by atoms with Gasteiger partial charge in [0.15, 0.2) is 5.78 Å². The van der Waals surface area contributed by atoms with Crippen LogP contribution >= 0.6 is 23.2 Å². The molecule has 2 unspecified atom stereocenters. The Labute approximate surface area is 120 Å². The van der Waals surface area contributed by atoms with Crippen molar-refractivity contribution in [3.63, 3.8) is 0 Å². The van der Waals surface area contributed by atoms with Crippen LogP contribution in [0.1, 0.15) is 31.7 Å². The first-order chi connectivity index (χ1) is 8.94. The Bertz CT molecular complexity index is 597. The second kappa shape index (κ2) is 4.22. The number of Topliss-reactive ketones (excluding diaryl/α,β-unsaturated/α-hetero) is 2. The summed E-state index contributed by atoms with van der Waals surface area (Å²) < 4.78 is 5.73. The van der Waals surface area contributed by atoms with Crippen molar-refractivity contribution in [2.45, 2.75) is 37.7 Å². The Morgan fingerprint density at radius 3 is 2.58 bits per heavy atom. The van der Waals surface area contributed by atoms with Crippen LogP contribution in [0.25, 0.3) is 0 Å². The van der Waals surface area contributed by atoms with Gasteiger partial charge in [0, 0.05) is 24.5 Å². The quantitative estimate of drug-likeness (QED) is 0.690. The van der Waals surface area contributed by atoms with Gasteiger partial charge in [-0.25, -0.2) is 0 Å². The lowest BCUT2D eigenvalue weighted by atomic mass is 9.72. The van der Waals surface area contributed by atoms with Crippen molar-refractivity contribution < 1.29 is 14.3 Å². The van der Waals surface area contributed by atoms with Gasteiger partial charge in [0.25, 0.3) is 0 Å². The number of carbonyl (C=O) groups is 2. The van der Waals surface area contributed by atoms with Crippen molar-refractivity contribution in [1.29, 1.82) is 0 Å². The molecule has 0 radical (unpaired) electrons. The van der Waals surface area contributed by atoms with Gasteiger partial charge in [0.1, 0.15) is 5.75 Å². The first-order valence-corrected chi connectivity index (χ1v) is 6.93. The number of benzene rings is 1. The number of fused-ring (bicyclic) bond motifs is 2. The molecule has 1 aromatic rings. The maximum absolute atomic E-state index is 12.3. The predicted molar refractivity (Wildman–Crippen MR) is 72.1 cm³/mol. The first-order valence-electron chi connectivity index (χ1n) is 6.18. The number of ketones is 2. The number of halogens is 2. The second-order valence-corrected chi connectivity index (χ2v) is 6.04. The third kappa shape index (κ3) is 1.79. The van der Waals surface area contributed by atoms with Gasteiger partial charge in [-0.05, 0) is 19.4 Å². The molecule has 0 amide bonds. The van der Waals surface area contributed by atoms with E-state index in [9.17, 15) is 9.59 Å². The normalized spacial score (nSPS) is 29.5. The molecule has 3 nitrogen and oxygen atoms in total. The zero-order chi connectivity index (χ0) is 13.8. The Hall–Kier alpha value is -1.06. The number of ether oxygens (including phenoxy) is 1. The van der Waals surface area contributed by atoms with Gasteiger partial charge < -0.3 is 4.74 Å². The van der Waals surface area contributed by atoms with E-state index in [-0.39, 0.29) is 17.7 Å². The van der Waals surface area contributed by atoms with Crippen LogP contribution < -0.4 is 4.74 Å². The molecule has 2 aliphatic rings. The minimum atomic E-state index is -0.766. The molecule has 0 aromatic heterocycles. The average Bonchev–Trinajstić information content (AvgIpc) is 2.62. The standard InChI is InChI=1S/C14H12Cl2O3/c1-7-6-14(3-2-11(17)13(14)18)8-4-9(15)10(16)5-12(8)19-7/h4-5,7H,2-3,6H2,1H3. The fourth-order valence-electron chi connectivity index (χ4n) is 3.13. The summed E-state index contributed by atoms with van der Waals surface area (Å²) in [6, 6.07) is 3.30. The largest absolute Gasteiger partial charge is 0.490 e. The highest BCUT2D eigenvalue weighted by molar-refractivity contribution is 6.44. The molecule has 1 aliphatic carbocycles. The molecular formula is C14H12Cl2O3. The van der Waals surface area contributed by atoms with Gasteiger partial charge in [-0.3, -0.25) is 9.59 Å². The molecule has 0 bridgehead atoms. The number of hydrogen-bond acceptors (Lipinski definition) is 3.